The van der Waals surface area contributed by atoms with E-state index in [-0.39, 0.29) is 47.1 Å². The van der Waals surface area contributed by atoms with E-state index in [0.29, 0.717) is 44.9 Å². The van der Waals surface area contributed by atoms with E-state index in [9.17, 15) is 22.8 Å². The van der Waals surface area contributed by atoms with E-state index in [1.165, 1.54) is 6.07 Å². The van der Waals surface area contributed by atoms with Crippen molar-refractivity contribution in [3.05, 3.63) is 29.5 Å². The van der Waals surface area contributed by atoms with Crippen LogP contribution >= 0.6 is 0 Å². The average Bonchev–Trinajstić information content (AvgIpc) is 3.17. The van der Waals surface area contributed by atoms with Gasteiger partial charge in [0.15, 0.2) is 11.3 Å². The summed E-state index contributed by atoms with van der Waals surface area (Å²) in [4.78, 5) is 28.2. The van der Waals surface area contributed by atoms with Crippen molar-refractivity contribution in [3.63, 3.8) is 0 Å². The van der Waals surface area contributed by atoms with Gasteiger partial charge in [0.2, 0.25) is 5.91 Å². The molecule has 1 aromatic heterocycles. The minimum absolute atomic E-state index is 0.00257. The summed E-state index contributed by atoms with van der Waals surface area (Å²) in [5.74, 6) is 0.242. The standard InChI is InChI=1S/C23H25F3N4O4/c24-23(25,26)20-15-6-13(1-2-17(15)34-28-20)5-14-7-22(8-14)11-30(12-22)21(32)29-4-3-18-16(9-29)27-19(31)10-33-18/h1-2,6,14,16,18H,3-5,7-12H2,(H,27,31)/t16-,18+/m1/s1. The summed E-state index contributed by atoms with van der Waals surface area (Å²) >= 11 is 0. The summed E-state index contributed by atoms with van der Waals surface area (Å²) in [6.45, 7) is 2.58. The average molecular weight is 478 g/mol. The summed E-state index contributed by atoms with van der Waals surface area (Å²) in [6, 6.07) is 4.74. The molecule has 2 atom stereocenters. The van der Waals surface area contributed by atoms with Crippen LogP contribution in [0.5, 0.6) is 0 Å². The first-order valence-corrected chi connectivity index (χ1v) is 11.6. The molecule has 1 aliphatic carbocycles. The Labute approximate surface area is 193 Å². The second kappa shape index (κ2) is 7.59. The quantitative estimate of drug-likeness (QED) is 0.717. The van der Waals surface area contributed by atoms with Gasteiger partial charge in [0, 0.05) is 31.6 Å². The number of nitrogens with one attached hydrogen (secondary N) is 1. The second-order valence-electron chi connectivity index (χ2n) is 10.2. The van der Waals surface area contributed by atoms with E-state index in [1.54, 1.807) is 17.0 Å². The topological polar surface area (TPSA) is 87.9 Å². The normalized spacial score (nSPS) is 26.7. The first-order chi connectivity index (χ1) is 16.2. The Balaban J connectivity index is 1.02. The molecular weight excluding hydrogens is 453 g/mol. The van der Waals surface area contributed by atoms with E-state index >= 15 is 0 Å². The van der Waals surface area contributed by atoms with Crippen molar-refractivity contribution < 1.29 is 32.0 Å². The highest BCUT2D eigenvalue weighted by Crippen LogP contribution is 2.53. The van der Waals surface area contributed by atoms with Crippen molar-refractivity contribution in [2.24, 2.45) is 11.3 Å². The molecule has 1 saturated carbocycles. The van der Waals surface area contributed by atoms with Crippen LogP contribution in [0.4, 0.5) is 18.0 Å². The fourth-order valence-electron chi connectivity index (χ4n) is 6.19. The molecule has 11 heteroatoms. The molecule has 4 fully saturated rings. The van der Waals surface area contributed by atoms with Crippen LogP contribution < -0.4 is 5.32 Å². The van der Waals surface area contributed by atoms with Crippen molar-refractivity contribution in [3.8, 4) is 0 Å². The molecule has 4 aliphatic rings. The number of fused-ring (bicyclic) bond motifs is 2. The maximum Gasteiger partial charge on any atom is 0.437 e. The lowest BCUT2D eigenvalue weighted by molar-refractivity contribution is -0.141. The predicted molar refractivity (Wildman–Crippen MR) is 113 cm³/mol. The van der Waals surface area contributed by atoms with Crippen LogP contribution in [0.25, 0.3) is 11.0 Å². The van der Waals surface area contributed by atoms with Crippen LogP contribution in [0, 0.1) is 11.3 Å². The van der Waals surface area contributed by atoms with E-state index in [1.807, 2.05) is 4.90 Å². The third-order valence-corrected chi connectivity index (χ3v) is 7.69. The van der Waals surface area contributed by atoms with Gasteiger partial charge >= 0.3 is 12.2 Å². The van der Waals surface area contributed by atoms with Crippen LogP contribution in [0.3, 0.4) is 0 Å². The fourth-order valence-corrected chi connectivity index (χ4v) is 6.19. The number of carbonyl (C=O) groups is 2. The van der Waals surface area contributed by atoms with Gasteiger partial charge in [-0.25, -0.2) is 4.79 Å². The number of piperidine rings is 1. The van der Waals surface area contributed by atoms with Crippen LogP contribution in [0.1, 0.15) is 30.5 Å². The van der Waals surface area contributed by atoms with Gasteiger partial charge in [-0.2, -0.15) is 13.2 Å². The highest BCUT2D eigenvalue weighted by molar-refractivity contribution is 5.81. The first-order valence-electron chi connectivity index (χ1n) is 11.6. The Morgan fingerprint density at radius 3 is 2.79 bits per heavy atom. The lowest BCUT2D eigenvalue weighted by Gasteiger charge is -2.60. The molecule has 3 aliphatic heterocycles. The number of hydrogen-bond donors (Lipinski definition) is 1. The Morgan fingerprint density at radius 2 is 2.03 bits per heavy atom. The Bertz CT molecular complexity index is 1130. The van der Waals surface area contributed by atoms with Gasteiger partial charge < -0.3 is 24.4 Å². The molecule has 6 rings (SSSR count). The van der Waals surface area contributed by atoms with Crippen LogP contribution in [0.15, 0.2) is 22.7 Å². The summed E-state index contributed by atoms with van der Waals surface area (Å²) in [5, 5.41) is 6.11. The summed E-state index contributed by atoms with van der Waals surface area (Å²) in [5.41, 5.74) is 0.121. The highest BCUT2D eigenvalue weighted by atomic mass is 19.4. The molecule has 2 aromatic rings. The van der Waals surface area contributed by atoms with E-state index in [0.717, 1.165) is 18.4 Å². The number of amides is 3. The highest BCUT2D eigenvalue weighted by Gasteiger charge is 2.54. The number of aromatic nitrogens is 1. The Kier molecular flexibility index (Phi) is 4.84. The molecule has 1 spiro atoms. The SMILES string of the molecule is O=C1CO[C@H]2CCN(C(=O)N3CC4(CC(Cc5ccc6onc(C(F)(F)F)c6c5)C4)C3)C[C@H]2N1. The van der Waals surface area contributed by atoms with Crippen molar-refractivity contribution in [1.82, 2.24) is 20.3 Å². The number of likely N-dealkylation sites (tertiary alicyclic amines) is 2. The number of morpholine rings is 1. The zero-order valence-corrected chi connectivity index (χ0v) is 18.4. The van der Waals surface area contributed by atoms with E-state index in [2.05, 4.69) is 10.5 Å². The van der Waals surface area contributed by atoms with E-state index < -0.39 is 11.9 Å². The van der Waals surface area contributed by atoms with E-state index in [4.69, 9.17) is 9.26 Å². The van der Waals surface area contributed by atoms with Gasteiger partial charge in [0.25, 0.3) is 0 Å². The summed E-state index contributed by atoms with van der Waals surface area (Å²) in [7, 11) is 0. The molecule has 3 amide bonds. The third-order valence-electron chi connectivity index (χ3n) is 7.69. The number of rotatable bonds is 2. The lowest BCUT2D eigenvalue weighted by atomic mass is 9.56. The third kappa shape index (κ3) is 3.70. The smallest absolute Gasteiger partial charge is 0.366 e. The monoisotopic (exact) mass is 478 g/mol. The van der Waals surface area contributed by atoms with Gasteiger partial charge in [-0.3, -0.25) is 4.79 Å². The van der Waals surface area contributed by atoms with Crippen molar-refractivity contribution in [2.45, 2.75) is 44.0 Å². The molecule has 182 valence electrons. The number of carbonyl (C=O) groups excluding carboxylic acids is 2. The minimum atomic E-state index is -4.54. The number of nitrogens with zero attached hydrogens (tertiary/aromatic N) is 3. The molecule has 0 unspecified atom stereocenters. The minimum Gasteiger partial charge on any atom is -0.366 e. The van der Waals surface area contributed by atoms with Gasteiger partial charge in [-0.15, -0.1) is 0 Å². The number of halogens is 3. The number of hydrogen-bond acceptors (Lipinski definition) is 5. The van der Waals surface area contributed by atoms with Gasteiger partial charge in [0.1, 0.15) is 6.61 Å². The largest absolute Gasteiger partial charge is 0.437 e. The number of urea groups is 1. The summed E-state index contributed by atoms with van der Waals surface area (Å²) in [6.07, 6.45) is -1.25. The zero-order chi connectivity index (χ0) is 23.7. The van der Waals surface area contributed by atoms with Crippen molar-refractivity contribution in [1.29, 1.82) is 0 Å². The molecular formula is C23H25F3N4O4. The number of alkyl halides is 3. The van der Waals surface area contributed by atoms with Crippen LogP contribution in [-0.4, -0.2) is 71.8 Å². The predicted octanol–water partition coefficient (Wildman–Crippen LogP) is 2.81. The maximum absolute atomic E-state index is 13.1. The van der Waals surface area contributed by atoms with Gasteiger partial charge in [0.05, 0.1) is 17.5 Å². The summed E-state index contributed by atoms with van der Waals surface area (Å²) < 4.78 is 49.8. The molecule has 0 bridgehead atoms. The van der Waals surface area contributed by atoms with Crippen molar-refractivity contribution >= 4 is 22.9 Å². The maximum atomic E-state index is 13.1. The molecule has 34 heavy (non-hydrogen) atoms. The Morgan fingerprint density at radius 1 is 1.24 bits per heavy atom. The molecule has 0 radical (unpaired) electrons. The number of ether oxygens (including phenoxy) is 1. The number of benzene rings is 1. The fraction of sp³-hybridized carbons (Fsp3) is 0.609. The molecule has 8 nitrogen and oxygen atoms in total. The molecule has 1 N–H and O–H groups in total. The van der Waals surface area contributed by atoms with Crippen LogP contribution in [0.2, 0.25) is 0 Å². The zero-order valence-electron chi connectivity index (χ0n) is 18.4. The first kappa shape index (κ1) is 21.7. The molecule has 1 aromatic carbocycles. The second-order valence-corrected chi connectivity index (χ2v) is 10.2. The molecule has 3 saturated heterocycles. The van der Waals surface area contributed by atoms with Crippen molar-refractivity contribution in [2.75, 3.05) is 32.8 Å². The van der Waals surface area contributed by atoms with Crippen LogP contribution in [-0.2, 0) is 22.1 Å². The lowest BCUT2D eigenvalue weighted by Crippen LogP contribution is -2.68. The van der Waals surface area contributed by atoms with Gasteiger partial charge in [-0.1, -0.05) is 11.2 Å². The van der Waals surface area contributed by atoms with Gasteiger partial charge in [-0.05, 0) is 49.3 Å². The molecule has 4 heterocycles. The Hall–Kier alpha value is -2.82.